The van der Waals surface area contributed by atoms with Crippen LogP contribution in [0, 0.1) is 5.82 Å². The third-order valence-corrected chi connectivity index (χ3v) is 2.94. The van der Waals surface area contributed by atoms with Crippen LogP contribution in [0.25, 0.3) is 0 Å². The number of hydrogen-bond donors (Lipinski definition) is 2. The summed E-state index contributed by atoms with van der Waals surface area (Å²) in [6.07, 6.45) is 0. The highest BCUT2D eigenvalue weighted by Gasteiger charge is 2.05. The van der Waals surface area contributed by atoms with Gasteiger partial charge in [-0.05, 0) is 36.4 Å². The Hall–Kier alpha value is -1.26. The first-order valence-corrected chi connectivity index (χ1v) is 6.00. The van der Waals surface area contributed by atoms with E-state index in [4.69, 9.17) is 17.3 Å². The van der Waals surface area contributed by atoms with E-state index >= 15 is 0 Å². The second-order valence-corrected chi connectivity index (χ2v) is 4.83. The molecule has 5 heteroatoms. The maximum atomic E-state index is 13.6. The number of benzene rings is 2. The molecule has 2 aromatic carbocycles. The molecule has 2 rings (SSSR count). The normalized spacial score (nSPS) is 10.3. The molecule has 0 aliphatic carbocycles. The number of halogens is 3. The van der Waals surface area contributed by atoms with Crippen molar-refractivity contribution in [1.29, 1.82) is 0 Å². The van der Waals surface area contributed by atoms with E-state index in [0.29, 0.717) is 22.1 Å². The first kappa shape index (κ1) is 12.2. The molecule has 0 saturated heterocycles. The first-order valence-electron chi connectivity index (χ1n) is 4.83. The van der Waals surface area contributed by atoms with Crippen molar-refractivity contribution < 1.29 is 4.39 Å². The van der Waals surface area contributed by atoms with Gasteiger partial charge in [0, 0.05) is 9.50 Å². The molecule has 3 N–H and O–H groups in total. The SMILES string of the molecule is Nc1ccc(Br)cc1Nc1ccc(Cl)cc1F. The Morgan fingerprint density at radius 2 is 1.88 bits per heavy atom. The van der Waals surface area contributed by atoms with Crippen LogP contribution in [0.2, 0.25) is 5.02 Å². The third kappa shape index (κ3) is 2.90. The van der Waals surface area contributed by atoms with E-state index in [9.17, 15) is 4.39 Å². The number of nitrogen functional groups attached to an aromatic ring is 1. The van der Waals surface area contributed by atoms with Crippen molar-refractivity contribution in [2.75, 3.05) is 11.1 Å². The van der Waals surface area contributed by atoms with Gasteiger partial charge >= 0.3 is 0 Å². The number of hydrogen-bond acceptors (Lipinski definition) is 2. The van der Waals surface area contributed by atoms with Gasteiger partial charge in [-0.1, -0.05) is 27.5 Å². The number of anilines is 3. The second kappa shape index (κ2) is 4.94. The van der Waals surface area contributed by atoms with Gasteiger partial charge in [0.2, 0.25) is 0 Å². The largest absolute Gasteiger partial charge is 0.397 e. The number of nitrogens with one attached hydrogen (secondary N) is 1. The summed E-state index contributed by atoms with van der Waals surface area (Å²) in [6, 6.07) is 9.76. The van der Waals surface area contributed by atoms with Crippen LogP contribution >= 0.6 is 27.5 Å². The van der Waals surface area contributed by atoms with E-state index in [1.807, 2.05) is 6.07 Å². The minimum Gasteiger partial charge on any atom is -0.397 e. The Morgan fingerprint density at radius 1 is 1.12 bits per heavy atom. The topological polar surface area (TPSA) is 38.0 Å². The van der Waals surface area contributed by atoms with Gasteiger partial charge in [0.1, 0.15) is 5.82 Å². The molecule has 88 valence electrons. The lowest BCUT2D eigenvalue weighted by Crippen LogP contribution is -1.98. The van der Waals surface area contributed by atoms with Gasteiger partial charge in [-0.25, -0.2) is 4.39 Å². The summed E-state index contributed by atoms with van der Waals surface area (Å²) in [5, 5.41) is 3.28. The molecular formula is C12H9BrClFN2. The van der Waals surface area contributed by atoms with Gasteiger partial charge in [0.05, 0.1) is 17.1 Å². The highest BCUT2D eigenvalue weighted by atomic mass is 79.9. The number of nitrogens with two attached hydrogens (primary N) is 1. The zero-order chi connectivity index (χ0) is 12.4. The van der Waals surface area contributed by atoms with Crippen LogP contribution in [0.1, 0.15) is 0 Å². The zero-order valence-corrected chi connectivity index (χ0v) is 11.0. The molecule has 0 saturated carbocycles. The molecule has 0 aliphatic rings. The van der Waals surface area contributed by atoms with Crippen molar-refractivity contribution in [3.05, 3.63) is 51.7 Å². The average Bonchev–Trinajstić information content (AvgIpc) is 2.27. The second-order valence-electron chi connectivity index (χ2n) is 3.48. The summed E-state index contributed by atoms with van der Waals surface area (Å²) in [5.41, 5.74) is 7.30. The summed E-state index contributed by atoms with van der Waals surface area (Å²) in [6.45, 7) is 0. The molecular weight excluding hydrogens is 307 g/mol. The highest BCUT2D eigenvalue weighted by Crippen LogP contribution is 2.28. The molecule has 0 atom stereocenters. The standard InChI is InChI=1S/C12H9BrClFN2/c13-7-1-3-10(16)12(5-7)17-11-4-2-8(14)6-9(11)15/h1-6,17H,16H2. The van der Waals surface area contributed by atoms with E-state index in [2.05, 4.69) is 21.2 Å². The van der Waals surface area contributed by atoms with Gasteiger partial charge < -0.3 is 11.1 Å². The fourth-order valence-corrected chi connectivity index (χ4v) is 1.89. The molecule has 17 heavy (non-hydrogen) atoms. The van der Waals surface area contributed by atoms with E-state index in [1.54, 1.807) is 24.3 Å². The zero-order valence-electron chi connectivity index (χ0n) is 8.68. The van der Waals surface area contributed by atoms with E-state index in [0.717, 1.165) is 4.47 Å². The van der Waals surface area contributed by atoms with Crippen molar-refractivity contribution in [3.8, 4) is 0 Å². The molecule has 0 aromatic heterocycles. The van der Waals surface area contributed by atoms with Crippen molar-refractivity contribution in [2.45, 2.75) is 0 Å². The molecule has 0 aliphatic heterocycles. The Kier molecular flexibility index (Phi) is 3.54. The van der Waals surface area contributed by atoms with E-state index in [1.165, 1.54) is 6.07 Å². The van der Waals surface area contributed by atoms with Crippen molar-refractivity contribution in [1.82, 2.24) is 0 Å². The van der Waals surface area contributed by atoms with Gasteiger partial charge in [-0.15, -0.1) is 0 Å². The van der Waals surface area contributed by atoms with Crippen LogP contribution in [0.5, 0.6) is 0 Å². The van der Waals surface area contributed by atoms with E-state index < -0.39 is 5.82 Å². The van der Waals surface area contributed by atoms with Crippen LogP contribution in [0.15, 0.2) is 40.9 Å². The molecule has 0 unspecified atom stereocenters. The van der Waals surface area contributed by atoms with Crippen molar-refractivity contribution >= 4 is 44.6 Å². The molecule has 0 bridgehead atoms. The van der Waals surface area contributed by atoms with Crippen LogP contribution in [-0.4, -0.2) is 0 Å². The van der Waals surface area contributed by atoms with Gasteiger partial charge in [-0.3, -0.25) is 0 Å². The Bertz CT molecular complexity index is 560. The van der Waals surface area contributed by atoms with Crippen LogP contribution < -0.4 is 11.1 Å². The summed E-state index contributed by atoms with van der Waals surface area (Å²) >= 11 is 9.01. The fourth-order valence-electron chi connectivity index (χ4n) is 1.37. The van der Waals surface area contributed by atoms with Crippen molar-refractivity contribution in [3.63, 3.8) is 0 Å². The van der Waals surface area contributed by atoms with Crippen LogP contribution in [0.4, 0.5) is 21.5 Å². The maximum Gasteiger partial charge on any atom is 0.148 e. The smallest absolute Gasteiger partial charge is 0.148 e. The Labute approximate surface area is 112 Å². The molecule has 2 aromatic rings. The maximum absolute atomic E-state index is 13.6. The summed E-state index contributed by atoms with van der Waals surface area (Å²) in [5.74, 6) is -0.420. The van der Waals surface area contributed by atoms with Gasteiger partial charge in [0.15, 0.2) is 0 Å². The van der Waals surface area contributed by atoms with Gasteiger partial charge in [-0.2, -0.15) is 0 Å². The predicted molar refractivity (Wildman–Crippen MR) is 73.2 cm³/mol. The molecule has 0 fully saturated rings. The number of rotatable bonds is 2. The Morgan fingerprint density at radius 3 is 2.59 bits per heavy atom. The monoisotopic (exact) mass is 314 g/mol. The van der Waals surface area contributed by atoms with Gasteiger partial charge in [0.25, 0.3) is 0 Å². The predicted octanol–water partition coefficient (Wildman–Crippen LogP) is 4.57. The minimum absolute atomic E-state index is 0.333. The summed E-state index contributed by atoms with van der Waals surface area (Å²) in [4.78, 5) is 0. The molecule has 0 radical (unpaired) electrons. The van der Waals surface area contributed by atoms with Crippen molar-refractivity contribution in [2.24, 2.45) is 0 Å². The lowest BCUT2D eigenvalue weighted by Gasteiger charge is -2.10. The highest BCUT2D eigenvalue weighted by molar-refractivity contribution is 9.10. The first-order chi connectivity index (χ1) is 8.06. The summed E-state index contributed by atoms with van der Waals surface area (Å²) in [7, 11) is 0. The fraction of sp³-hybridized carbons (Fsp3) is 0. The lowest BCUT2D eigenvalue weighted by molar-refractivity contribution is 0.632. The van der Waals surface area contributed by atoms with Crippen LogP contribution in [-0.2, 0) is 0 Å². The Balaban J connectivity index is 2.34. The minimum atomic E-state index is -0.420. The lowest BCUT2D eigenvalue weighted by atomic mass is 10.2. The molecule has 2 nitrogen and oxygen atoms in total. The molecule has 0 amide bonds. The molecule has 0 spiro atoms. The third-order valence-electron chi connectivity index (χ3n) is 2.22. The quantitative estimate of drug-likeness (QED) is 0.797. The molecule has 0 heterocycles. The summed E-state index contributed by atoms with van der Waals surface area (Å²) < 4.78 is 14.4. The van der Waals surface area contributed by atoms with Crippen LogP contribution in [0.3, 0.4) is 0 Å². The van der Waals surface area contributed by atoms with E-state index in [-0.39, 0.29) is 0 Å². The average molecular weight is 316 g/mol.